The molecule has 0 atom stereocenters. The molecule has 6 nitrogen and oxygen atoms in total. The van der Waals surface area contributed by atoms with Gasteiger partial charge in [-0.15, -0.1) is 24.0 Å². The van der Waals surface area contributed by atoms with E-state index in [1.54, 1.807) is 13.4 Å². The van der Waals surface area contributed by atoms with Crippen molar-refractivity contribution in [3.8, 4) is 5.75 Å². The normalized spacial score (nSPS) is 10.9. The summed E-state index contributed by atoms with van der Waals surface area (Å²) in [6.07, 6.45) is 2.55. The third-order valence-corrected chi connectivity index (χ3v) is 3.51. The molecule has 26 heavy (non-hydrogen) atoms. The molecule has 0 unspecified atom stereocenters. The van der Waals surface area contributed by atoms with E-state index in [1.807, 2.05) is 36.4 Å². The van der Waals surface area contributed by atoms with E-state index in [-0.39, 0.29) is 24.0 Å². The third-order valence-electron chi connectivity index (χ3n) is 3.51. The predicted octanol–water partition coefficient (Wildman–Crippen LogP) is 3.57. The summed E-state index contributed by atoms with van der Waals surface area (Å²) in [4.78, 5) is 4.60. The lowest BCUT2D eigenvalue weighted by atomic mass is 10.2. The van der Waals surface area contributed by atoms with Gasteiger partial charge in [-0.2, -0.15) is 0 Å². The zero-order valence-corrected chi connectivity index (χ0v) is 17.7. The van der Waals surface area contributed by atoms with E-state index in [0.29, 0.717) is 19.8 Å². The number of nitrogens with one attached hydrogen (secondary N) is 2. The van der Waals surface area contributed by atoms with Crippen LogP contribution in [-0.4, -0.2) is 32.8 Å². The highest BCUT2D eigenvalue weighted by atomic mass is 127. The van der Waals surface area contributed by atoms with Gasteiger partial charge in [-0.1, -0.05) is 12.1 Å². The first-order chi connectivity index (χ1) is 12.3. The van der Waals surface area contributed by atoms with E-state index < -0.39 is 0 Å². The minimum Gasteiger partial charge on any atom is -0.497 e. The van der Waals surface area contributed by atoms with Crippen LogP contribution in [0.25, 0.3) is 0 Å². The zero-order chi connectivity index (χ0) is 17.7. The summed E-state index contributed by atoms with van der Waals surface area (Å²) in [5.74, 6) is 2.51. The highest BCUT2D eigenvalue weighted by Gasteiger charge is 1.99. The van der Waals surface area contributed by atoms with Crippen molar-refractivity contribution in [3.05, 3.63) is 54.0 Å². The van der Waals surface area contributed by atoms with Crippen LogP contribution in [0.5, 0.6) is 5.75 Å². The molecule has 0 spiro atoms. The number of hydrogen-bond acceptors (Lipinski definition) is 4. The Bertz CT molecular complexity index is 615. The molecule has 7 heteroatoms. The lowest BCUT2D eigenvalue weighted by Gasteiger charge is -2.11. The van der Waals surface area contributed by atoms with Gasteiger partial charge in [0.15, 0.2) is 5.96 Å². The second kappa shape index (κ2) is 13.5. The fourth-order valence-corrected chi connectivity index (χ4v) is 2.19. The number of hydrogen-bond donors (Lipinski definition) is 2. The molecule has 0 saturated heterocycles. The predicted molar refractivity (Wildman–Crippen MR) is 114 cm³/mol. The van der Waals surface area contributed by atoms with Crippen molar-refractivity contribution in [2.75, 3.05) is 26.8 Å². The van der Waals surface area contributed by atoms with Crippen molar-refractivity contribution in [3.63, 3.8) is 0 Å². The van der Waals surface area contributed by atoms with E-state index in [9.17, 15) is 0 Å². The molecule has 2 aromatic rings. The van der Waals surface area contributed by atoms with Crippen LogP contribution >= 0.6 is 24.0 Å². The number of rotatable bonds is 10. The summed E-state index contributed by atoms with van der Waals surface area (Å²) >= 11 is 0. The van der Waals surface area contributed by atoms with Crippen molar-refractivity contribution < 1.29 is 13.9 Å². The molecular weight excluding hydrogens is 445 g/mol. The highest BCUT2D eigenvalue weighted by molar-refractivity contribution is 14.0. The molecular formula is C19H28IN3O3. The quantitative estimate of drug-likeness (QED) is 0.239. The number of guanidine groups is 1. The van der Waals surface area contributed by atoms with Gasteiger partial charge >= 0.3 is 0 Å². The lowest BCUT2D eigenvalue weighted by Crippen LogP contribution is -2.38. The molecule has 0 aliphatic rings. The Labute approximate surface area is 172 Å². The molecule has 0 radical (unpaired) electrons. The molecule has 2 N–H and O–H groups in total. The summed E-state index contributed by atoms with van der Waals surface area (Å²) in [7, 11) is 1.67. The van der Waals surface area contributed by atoms with Crippen LogP contribution in [0.1, 0.15) is 24.7 Å². The van der Waals surface area contributed by atoms with Crippen LogP contribution in [0.2, 0.25) is 0 Å². The van der Waals surface area contributed by atoms with Gasteiger partial charge in [0.1, 0.15) is 18.1 Å². The molecule has 0 bridgehead atoms. The van der Waals surface area contributed by atoms with Gasteiger partial charge in [-0.3, -0.25) is 0 Å². The van der Waals surface area contributed by atoms with Crippen molar-refractivity contribution >= 4 is 29.9 Å². The first-order valence-electron chi connectivity index (χ1n) is 8.57. The van der Waals surface area contributed by atoms with Crippen molar-refractivity contribution in [2.45, 2.75) is 26.5 Å². The third kappa shape index (κ3) is 8.57. The fraction of sp³-hybridized carbons (Fsp3) is 0.421. The van der Waals surface area contributed by atoms with Crippen molar-refractivity contribution in [2.24, 2.45) is 4.99 Å². The maximum atomic E-state index is 5.57. The molecule has 0 aliphatic heterocycles. The maximum Gasteiger partial charge on any atom is 0.191 e. The summed E-state index contributed by atoms with van der Waals surface area (Å²) in [5.41, 5.74) is 1.14. The second-order valence-corrected chi connectivity index (χ2v) is 5.46. The van der Waals surface area contributed by atoms with E-state index in [4.69, 9.17) is 13.9 Å². The molecule has 0 fully saturated rings. The molecule has 144 valence electrons. The number of halogens is 1. The SMILES string of the molecule is CCNC(=NCc1ccc(OC)cc1)NCCCOCc1ccco1.I. The van der Waals surface area contributed by atoms with Crippen LogP contribution in [0, 0.1) is 0 Å². The van der Waals surface area contributed by atoms with Crippen LogP contribution in [0.4, 0.5) is 0 Å². The first kappa shape index (κ1) is 22.3. The Kier molecular flexibility index (Phi) is 11.5. The summed E-state index contributed by atoms with van der Waals surface area (Å²) < 4.78 is 16.0. The van der Waals surface area contributed by atoms with Crippen molar-refractivity contribution in [1.82, 2.24) is 10.6 Å². The van der Waals surface area contributed by atoms with Crippen LogP contribution in [-0.2, 0) is 17.9 Å². The largest absolute Gasteiger partial charge is 0.497 e. The van der Waals surface area contributed by atoms with E-state index in [0.717, 1.165) is 42.5 Å². The average Bonchev–Trinajstić information content (AvgIpc) is 3.16. The zero-order valence-electron chi connectivity index (χ0n) is 15.4. The van der Waals surface area contributed by atoms with Gasteiger partial charge in [0, 0.05) is 19.7 Å². The number of methoxy groups -OCH3 is 1. The van der Waals surface area contributed by atoms with Crippen LogP contribution in [0.3, 0.4) is 0 Å². The molecule has 1 heterocycles. The summed E-state index contributed by atoms with van der Waals surface area (Å²) in [6.45, 7) is 5.48. The monoisotopic (exact) mass is 473 g/mol. The summed E-state index contributed by atoms with van der Waals surface area (Å²) in [6, 6.07) is 11.7. The molecule has 0 aliphatic carbocycles. The fourth-order valence-electron chi connectivity index (χ4n) is 2.19. The average molecular weight is 473 g/mol. The maximum absolute atomic E-state index is 5.57. The number of ether oxygens (including phenoxy) is 2. The van der Waals surface area contributed by atoms with Gasteiger partial charge < -0.3 is 24.5 Å². The first-order valence-corrected chi connectivity index (χ1v) is 8.57. The lowest BCUT2D eigenvalue weighted by molar-refractivity contribution is 0.105. The summed E-state index contributed by atoms with van der Waals surface area (Å²) in [5, 5.41) is 6.56. The van der Waals surface area contributed by atoms with Gasteiger partial charge in [0.25, 0.3) is 0 Å². The molecule has 2 rings (SSSR count). The van der Waals surface area contributed by atoms with Crippen LogP contribution < -0.4 is 15.4 Å². The number of nitrogens with zero attached hydrogens (tertiary/aromatic N) is 1. The number of aliphatic imine (C=N–C) groups is 1. The van der Waals surface area contributed by atoms with Crippen molar-refractivity contribution in [1.29, 1.82) is 0 Å². The minimum absolute atomic E-state index is 0. The van der Waals surface area contributed by atoms with E-state index >= 15 is 0 Å². The van der Waals surface area contributed by atoms with Gasteiger partial charge in [-0.25, -0.2) is 4.99 Å². The van der Waals surface area contributed by atoms with Gasteiger partial charge in [-0.05, 0) is 43.2 Å². The Morgan fingerprint density at radius 1 is 1.15 bits per heavy atom. The standard InChI is InChI=1S/C19H27N3O3.HI/c1-3-20-19(22-14-16-7-9-17(23-2)10-8-16)21-11-5-12-24-15-18-6-4-13-25-18;/h4,6-10,13H,3,5,11-12,14-15H2,1-2H3,(H2,20,21,22);1H. The minimum atomic E-state index is 0. The topological polar surface area (TPSA) is 68.0 Å². The Morgan fingerprint density at radius 2 is 1.96 bits per heavy atom. The number of benzene rings is 1. The Morgan fingerprint density at radius 3 is 2.62 bits per heavy atom. The highest BCUT2D eigenvalue weighted by Crippen LogP contribution is 2.11. The Hall–Kier alpha value is -1.74. The number of furan rings is 1. The van der Waals surface area contributed by atoms with E-state index in [2.05, 4.69) is 22.5 Å². The van der Waals surface area contributed by atoms with E-state index in [1.165, 1.54) is 0 Å². The Balaban J connectivity index is 0.00000338. The molecule has 0 amide bonds. The molecule has 1 aromatic carbocycles. The second-order valence-electron chi connectivity index (χ2n) is 5.46. The van der Waals surface area contributed by atoms with Gasteiger partial charge in [0.05, 0.1) is 19.9 Å². The molecule has 1 aromatic heterocycles. The smallest absolute Gasteiger partial charge is 0.191 e. The van der Waals surface area contributed by atoms with Crippen LogP contribution in [0.15, 0.2) is 52.1 Å². The molecule has 0 saturated carbocycles. The van der Waals surface area contributed by atoms with Gasteiger partial charge in [0.2, 0.25) is 0 Å².